The summed E-state index contributed by atoms with van der Waals surface area (Å²) in [5.74, 6) is -0.593. The number of carbonyl (C=O) groups excluding carboxylic acids is 2. The fourth-order valence-electron chi connectivity index (χ4n) is 1.31. The highest BCUT2D eigenvalue weighted by atomic mass is 16.7. The molecule has 0 radical (unpaired) electrons. The van der Waals surface area contributed by atoms with E-state index in [2.05, 4.69) is 6.92 Å². The Morgan fingerprint density at radius 1 is 1.06 bits per heavy atom. The minimum atomic E-state index is -0.326. The Kier molecular flexibility index (Phi) is 8.58. The lowest BCUT2D eigenvalue weighted by Gasteiger charge is -2.13. The Morgan fingerprint density at radius 2 is 1.62 bits per heavy atom. The van der Waals surface area contributed by atoms with Gasteiger partial charge >= 0.3 is 5.97 Å². The number of carbonyl (C=O) groups is 2. The lowest BCUT2D eigenvalue weighted by Crippen LogP contribution is -2.27. The van der Waals surface area contributed by atoms with Gasteiger partial charge in [-0.15, -0.1) is 0 Å². The highest BCUT2D eigenvalue weighted by Gasteiger charge is 2.09. The van der Waals surface area contributed by atoms with E-state index in [0.29, 0.717) is 6.42 Å². The van der Waals surface area contributed by atoms with Crippen molar-refractivity contribution in [2.45, 2.75) is 58.8 Å². The van der Waals surface area contributed by atoms with E-state index >= 15 is 0 Å². The molecule has 16 heavy (non-hydrogen) atoms. The molecule has 0 unspecified atom stereocenters. The molecule has 0 heterocycles. The average molecular weight is 229 g/mol. The summed E-state index contributed by atoms with van der Waals surface area (Å²) in [5, 5.41) is 0.972. The van der Waals surface area contributed by atoms with Gasteiger partial charge in [0.25, 0.3) is 5.91 Å². The molecule has 0 aliphatic rings. The van der Waals surface area contributed by atoms with Crippen molar-refractivity contribution in [3.8, 4) is 0 Å². The largest absolute Gasteiger partial charge is 0.338 e. The smallest absolute Gasteiger partial charge is 0.332 e. The Bertz CT molecular complexity index is 216. The van der Waals surface area contributed by atoms with E-state index in [4.69, 9.17) is 4.84 Å². The molecule has 4 nitrogen and oxygen atoms in total. The van der Waals surface area contributed by atoms with E-state index in [1.165, 1.54) is 39.7 Å². The molecule has 1 amide bonds. The Hall–Kier alpha value is -1.06. The predicted octanol–water partition coefficient (Wildman–Crippen LogP) is 2.67. The van der Waals surface area contributed by atoms with E-state index in [-0.39, 0.29) is 11.9 Å². The van der Waals surface area contributed by atoms with E-state index in [1.54, 1.807) is 0 Å². The van der Waals surface area contributed by atoms with Crippen molar-refractivity contribution >= 4 is 11.9 Å². The van der Waals surface area contributed by atoms with Gasteiger partial charge in [0.2, 0.25) is 0 Å². The molecule has 0 rings (SSSR count). The molecule has 0 atom stereocenters. The van der Waals surface area contributed by atoms with E-state index < -0.39 is 0 Å². The highest BCUT2D eigenvalue weighted by molar-refractivity contribution is 5.75. The van der Waals surface area contributed by atoms with Gasteiger partial charge in [0.15, 0.2) is 0 Å². The van der Waals surface area contributed by atoms with Crippen LogP contribution in [-0.4, -0.2) is 24.0 Å². The number of rotatable bonds is 7. The maximum Gasteiger partial charge on any atom is 0.332 e. The van der Waals surface area contributed by atoms with Gasteiger partial charge in [-0.1, -0.05) is 39.0 Å². The molecular weight excluding hydrogens is 206 g/mol. The second kappa shape index (κ2) is 9.19. The third kappa shape index (κ3) is 8.26. The predicted molar refractivity (Wildman–Crippen MR) is 62.5 cm³/mol. The van der Waals surface area contributed by atoms with Gasteiger partial charge in [0.05, 0.1) is 0 Å². The second-order valence-corrected chi connectivity index (χ2v) is 4.00. The minimum Gasteiger partial charge on any atom is -0.338 e. The van der Waals surface area contributed by atoms with Crippen LogP contribution in [0, 0.1) is 0 Å². The molecule has 0 fully saturated rings. The Labute approximate surface area is 97.9 Å². The molecule has 0 aromatic rings. The summed E-state index contributed by atoms with van der Waals surface area (Å²) in [6.45, 7) is 3.53. The topological polar surface area (TPSA) is 46.6 Å². The number of hydrogen-bond donors (Lipinski definition) is 0. The quantitative estimate of drug-likeness (QED) is 0.498. The van der Waals surface area contributed by atoms with Gasteiger partial charge in [0, 0.05) is 20.4 Å². The summed E-state index contributed by atoms with van der Waals surface area (Å²) in [4.78, 5) is 26.8. The molecule has 0 aromatic carbocycles. The average Bonchev–Trinajstić information content (AvgIpc) is 2.23. The van der Waals surface area contributed by atoms with Crippen LogP contribution >= 0.6 is 0 Å². The first-order valence-corrected chi connectivity index (χ1v) is 6.03. The molecular formula is C12H23NO3. The normalized spacial score (nSPS) is 9.94. The van der Waals surface area contributed by atoms with Crippen molar-refractivity contribution in [2.75, 3.05) is 7.05 Å². The summed E-state index contributed by atoms with van der Waals surface area (Å²) < 4.78 is 0. The minimum absolute atomic E-state index is 0.267. The second-order valence-electron chi connectivity index (χ2n) is 4.00. The van der Waals surface area contributed by atoms with Crippen LogP contribution in [0.25, 0.3) is 0 Å². The zero-order valence-corrected chi connectivity index (χ0v) is 10.6. The third-order valence-corrected chi connectivity index (χ3v) is 2.42. The van der Waals surface area contributed by atoms with Crippen LogP contribution in [-0.2, 0) is 14.4 Å². The van der Waals surface area contributed by atoms with Crippen molar-refractivity contribution in [3.05, 3.63) is 0 Å². The maximum absolute atomic E-state index is 11.2. The summed E-state index contributed by atoms with van der Waals surface area (Å²) in [5.41, 5.74) is 0. The number of unbranched alkanes of at least 4 members (excludes halogenated alkanes) is 5. The summed E-state index contributed by atoms with van der Waals surface area (Å²) >= 11 is 0. The van der Waals surface area contributed by atoms with Gasteiger partial charge in [-0.05, 0) is 6.42 Å². The zero-order chi connectivity index (χ0) is 12.4. The summed E-state index contributed by atoms with van der Waals surface area (Å²) in [7, 11) is 1.45. The lowest BCUT2D eigenvalue weighted by atomic mass is 10.1. The third-order valence-electron chi connectivity index (χ3n) is 2.42. The Balaban J connectivity index is 3.40. The first-order valence-electron chi connectivity index (χ1n) is 6.03. The molecule has 0 saturated heterocycles. The van der Waals surface area contributed by atoms with Crippen molar-refractivity contribution in [1.29, 1.82) is 0 Å². The molecule has 4 heteroatoms. The molecule has 94 valence electrons. The van der Waals surface area contributed by atoms with Gasteiger partial charge in [-0.25, -0.2) is 4.79 Å². The van der Waals surface area contributed by atoms with Crippen molar-refractivity contribution in [3.63, 3.8) is 0 Å². The monoisotopic (exact) mass is 229 g/mol. The maximum atomic E-state index is 11.2. The molecule has 0 aliphatic heterocycles. The zero-order valence-electron chi connectivity index (χ0n) is 10.6. The number of nitrogens with zero attached hydrogens (tertiary/aromatic N) is 1. The fraction of sp³-hybridized carbons (Fsp3) is 0.833. The van der Waals surface area contributed by atoms with Gasteiger partial charge in [-0.2, -0.15) is 5.06 Å². The standard InChI is InChI=1S/C12H23NO3/c1-4-5-6-7-8-9-10-12(15)16-13(3)11(2)14/h4-10H2,1-3H3. The van der Waals surface area contributed by atoms with Crippen molar-refractivity contribution in [1.82, 2.24) is 5.06 Å². The van der Waals surface area contributed by atoms with Crippen LogP contribution in [0.3, 0.4) is 0 Å². The summed E-state index contributed by atoms with van der Waals surface area (Å²) in [6, 6.07) is 0. The van der Waals surface area contributed by atoms with E-state index in [1.807, 2.05) is 0 Å². The van der Waals surface area contributed by atoms with Crippen molar-refractivity contribution in [2.24, 2.45) is 0 Å². The van der Waals surface area contributed by atoms with E-state index in [9.17, 15) is 9.59 Å². The van der Waals surface area contributed by atoms with Crippen LogP contribution in [0.15, 0.2) is 0 Å². The van der Waals surface area contributed by atoms with Gasteiger partial charge in [-0.3, -0.25) is 4.79 Å². The first kappa shape index (κ1) is 14.9. The number of hydrogen-bond acceptors (Lipinski definition) is 3. The van der Waals surface area contributed by atoms with Crippen LogP contribution in [0.4, 0.5) is 0 Å². The number of hydroxylamine groups is 2. The molecule has 0 bridgehead atoms. The first-order chi connectivity index (χ1) is 7.57. The lowest BCUT2D eigenvalue weighted by molar-refractivity contribution is -0.191. The summed E-state index contributed by atoms with van der Waals surface area (Å²) in [6.07, 6.45) is 7.18. The molecule has 0 spiro atoms. The van der Waals surface area contributed by atoms with Crippen LogP contribution < -0.4 is 0 Å². The SMILES string of the molecule is CCCCCCCCC(=O)ON(C)C(C)=O. The molecule has 0 aliphatic carbocycles. The molecule has 0 N–H and O–H groups in total. The van der Waals surface area contributed by atoms with Crippen molar-refractivity contribution < 1.29 is 14.4 Å². The van der Waals surface area contributed by atoms with Gasteiger partial charge < -0.3 is 4.84 Å². The molecule has 0 aromatic heterocycles. The van der Waals surface area contributed by atoms with Crippen LogP contribution in [0.2, 0.25) is 0 Å². The van der Waals surface area contributed by atoms with E-state index in [0.717, 1.165) is 17.9 Å². The van der Waals surface area contributed by atoms with Gasteiger partial charge in [0.1, 0.15) is 0 Å². The van der Waals surface area contributed by atoms with Crippen LogP contribution in [0.5, 0.6) is 0 Å². The Morgan fingerprint density at radius 3 is 2.19 bits per heavy atom. The molecule has 0 saturated carbocycles. The van der Waals surface area contributed by atoms with Crippen LogP contribution in [0.1, 0.15) is 58.8 Å². The highest BCUT2D eigenvalue weighted by Crippen LogP contribution is 2.07. The fourth-order valence-corrected chi connectivity index (χ4v) is 1.31. The number of amides is 1.